The molecule has 1 aliphatic heterocycles. The number of aliphatic hydroxyl groups is 2. The number of hydrogen-bond acceptors (Lipinski definition) is 4. The monoisotopic (exact) mass is 225 g/mol. The Kier molecular flexibility index (Phi) is 3.16. The van der Waals surface area contributed by atoms with Gasteiger partial charge in [-0.2, -0.15) is 5.10 Å². The molecule has 1 aromatic heterocycles. The third-order valence-corrected chi connectivity index (χ3v) is 3.33. The molecule has 0 bridgehead atoms. The van der Waals surface area contributed by atoms with Crippen LogP contribution in [0.4, 0.5) is 5.82 Å². The van der Waals surface area contributed by atoms with Crippen LogP contribution in [0.2, 0.25) is 0 Å². The van der Waals surface area contributed by atoms with Crippen LogP contribution >= 0.6 is 0 Å². The number of aliphatic hydroxyl groups excluding tert-OH is 2. The van der Waals surface area contributed by atoms with E-state index in [4.69, 9.17) is 0 Å². The molecule has 0 radical (unpaired) electrons. The van der Waals surface area contributed by atoms with Crippen LogP contribution in [-0.4, -0.2) is 39.2 Å². The largest absolute Gasteiger partial charge is 0.394 e. The van der Waals surface area contributed by atoms with Gasteiger partial charge in [0.05, 0.1) is 24.9 Å². The molecule has 0 aromatic carbocycles. The van der Waals surface area contributed by atoms with Crippen molar-refractivity contribution >= 4 is 5.82 Å². The Labute approximate surface area is 95.3 Å². The van der Waals surface area contributed by atoms with E-state index in [0.717, 1.165) is 36.5 Å². The number of anilines is 1. The van der Waals surface area contributed by atoms with Crippen molar-refractivity contribution in [3.63, 3.8) is 0 Å². The van der Waals surface area contributed by atoms with E-state index in [1.54, 1.807) is 4.68 Å². The van der Waals surface area contributed by atoms with Crippen molar-refractivity contribution < 1.29 is 10.2 Å². The molecule has 5 nitrogen and oxygen atoms in total. The molecule has 0 amide bonds. The van der Waals surface area contributed by atoms with Crippen molar-refractivity contribution in [3.05, 3.63) is 11.3 Å². The predicted molar refractivity (Wildman–Crippen MR) is 61.3 cm³/mol. The standard InChI is InChI=1S/C11H19N3O2/c1-8-10(7-16)11(13(2)12-8)14-5-3-4-9(14)6-15/h9,15-16H,3-7H2,1-2H3. The molecule has 0 spiro atoms. The Morgan fingerprint density at radius 3 is 2.81 bits per heavy atom. The summed E-state index contributed by atoms with van der Waals surface area (Å²) in [6.07, 6.45) is 2.09. The molecule has 90 valence electrons. The summed E-state index contributed by atoms with van der Waals surface area (Å²) in [6.45, 7) is 3.00. The lowest BCUT2D eigenvalue weighted by Gasteiger charge is -2.26. The van der Waals surface area contributed by atoms with Crippen LogP contribution < -0.4 is 4.90 Å². The first-order valence-corrected chi connectivity index (χ1v) is 5.69. The van der Waals surface area contributed by atoms with E-state index in [0.29, 0.717) is 0 Å². The summed E-state index contributed by atoms with van der Waals surface area (Å²) in [5, 5.41) is 23.0. The third kappa shape index (κ3) is 1.70. The third-order valence-electron chi connectivity index (χ3n) is 3.33. The van der Waals surface area contributed by atoms with Gasteiger partial charge in [0.2, 0.25) is 0 Å². The number of aryl methyl sites for hydroxylation is 2. The average Bonchev–Trinajstić information content (AvgIpc) is 2.81. The fourth-order valence-corrected chi connectivity index (χ4v) is 2.54. The lowest BCUT2D eigenvalue weighted by Crippen LogP contribution is -2.34. The lowest BCUT2D eigenvalue weighted by molar-refractivity contribution is 0.263. The fourth-order valence-electron chi connectivity index (χ4n) is 2.54. The summed E-state index contributed by atoms with van der Waals surface area (Å²) in [4.78, 5) is 2.16. The Bertz CT molecular complexity index is 376. The molecule has 1 aliphatic rings. The van der Waals surface area contributed by atoms with E-state index in [1.165, 1.54) is 0 Å². The summed E-state index contributed by atoms with van der Waals surface area (Å²) in [5.41, 5.74) is 1.74. The van der Waals surface area contributed by atoms with Crippen molar-refractivity contribution in [2.24, 2.45) is 7.05 Å². The van der Waals surface area contributed by atoms with Crippen molar-refractivity contribution in [2.75, 3.05) is 18.1 Å². The maximum absolute atomic E-state index is 9.39. The fraction of sp³-hybridized carbons (Fsp3) is 0.727. The van der Waals surface area contributed by atoms with Crippen molar-refractivity contribution in [3.8, 4) is 0 Å². The Balaban J connectivity index is 2.38. The lowest BCUT2D eigenvalue weighted by atomic mass is 10.2. The zero-order valence-electron chi connectivity index (χ0n) is 9.85. The van der Waals surface area contributed by atoms with E-state index in [-0.39, 0.29) is 19.3 Å². The first-order valence-electron chi connectivity index (χ1n) is 5.69. The quantitative estimate of drug-likeness (QED) is 0.770. The number of rotatable bonds is 3. The molecule has 1 saturated heterocycles. The van der Waals surface area contributed by atoms with Crippen LogP contribution in [-0.2, 0) is 13.7 Å². The zero-order chi connectivity index (χ0) is 11.7. The maximum Gasteiger partial charge on any atom is 0.132 e. The second kappa shape index (κ2) is 4.43. The van der Waals surface area contributed by atoms with E-state index in [1.807, 2.05) is 14.0 Å². The van der Waals surface area contributed by atoms with Crippen LogP contribution in [0, 0.1) is 6.92 Å². The van der Waals surface area contributed by atoms with Crippen LogP contribution in [0.3, 0.4) is 0 Å². The summed E-state index contributed by atoms with van der Waals surface area (Å²) in [7, 11) is 1.88. The highest BCUT2D eigenvalue weighted by Crippen LogP contribution is 2.29. The molecule has 2 heterocycles. The molecule has 1 unspecified atom stereocenters. The van der Waals surface area contributed by atoms with E-state index >= 15 is 0 Å². The van der Waals surface area contributed by atoms with Gasteiger partial charge in [-0.1, -0.05) is 0 Å². The molecule has 0 aliphatic carbocycles. The maximum atomic E-state index is 9.39. The highest BCUT2D eigenvalue weighted by Gasteiger charge is 2.28. The molecule has 1 fully saturated rings. The van der Waals surface area contributed by atoms with Gasteiger partial charge in [0, 0.05) is 19.2 Å². The van der Waals surface area contributed by atoms with E-state index in [2.05, 4.69) is 10.00 Å². The van der Waals surface area contributed by atoms with Crippen LogP contribution in [0.1, 0.15) is 24.1 Å². The first kappa shape index (κ1) is 11.4. The van der Waals surface area contributed by atoms with E-state index in [9.17, 15) is 10.2 Å². The Hall–Kier alpha value is -1.07. The first-order chi connectivity index (χ1) is 7.69. The van der Waals surface area contributed by atoms with Gasteiger partial charge in [-0.15, -0.1) is 0 Å². The highest BCUT2D eigenvalue weighted by molar-refractivity contribution is 5.51. The van der Waals surface area contributed by atoms with Gasteiger partial charge < -0.3 is 15.1 Å². The number of nitrogens with zero attached hydrogens (tertiary/aromatic N) is 3. The van der Waals surface area contributed by atoms with Gasteiger partial charge >= 0.3 is 0 Å². The molecular formula is C11H19N3O2. The van der Waals surface area contributed by atoms with Crippen LogP contribution in [0.5, 0.6) is 0 Å². The second-order valence-corrected chi connectivity index (χ2v) is 4.34. The molecule has 1 aromatic rings. The van der Waals surface area contributed by atoms with Crippen molar-refractivity contribution in [1.82, 2.24) is 9.78 Å². The van der Waals surface area contributed by atoms with Crippen molar-refractivity contribution in [2.45, 2.75) is 32.4 Å². The summed E-state index contributed by atoms with van der Waals surface area (Å²) in [5.74, 6) is 0.955. The average molecular weight is 225 g/mol. The van der Waals surface area contributed by atoms with Crippen LogP contribution in [0.15, 0.2) is 0 Å². The molecule has 5 heteroatoms. The number of hydrogen-bond donors (Lipinski definition) is 2. The second-order valence-electron chi connectivity index (χ2n) is 4.34. The molecule has 1 atom stereocenters. The minimum absolute atomic E-state index is 0.00363. The van der Waals surface area contributed by atoms with Gasteiger partial charge in [-0.05, 0) is 19.8 Å². The minimum Gasteiger partial charge on any atom is -0.394 e. The molecule has 2 rings (SSSR count). The summed E-state index contributed by atoms with van der Waals surface area (Å²) < 4.78 is 1.80. The number of aromatic nitrogens is 2. The van der Waals surface area contributed by atoms with Crippen LogP contribution in [0.25, 0.3) is 0 Å². The Morgan fingerprint density at radius 2 is 2.19 bits per heavy atom. The SMILES string of the molecule is Cc1nn(C)c(N2CCCC2CO)c1CO. The minimum atomic E-state index is 0.00363. The van der Waals surface area contributed by atoms with Crippen molar-refractivity contribution in [1.29, 1.82) is 0 Å². The Morgan fingerprint density at radius 1 is 1.44 bits per heavy atom. The molecule has 2 N–H and O–H groups in total. The smallest absolute Gasteiger partial charge is 0.132 e. The van der Waals surface area contributed by atoms with Gasteiger partial charge in [0.1, 0.15) is 5.82 Å². The van der Waals surface area contributed by atoms with Gasteiger partial charge in [-0.3, -0.25) is 4.68 Å². The molecule has 0 saturated carbocycles. The highest BCUT2D eigenvalue weighted by atomic mass is 16.3. The summed E-state index contributed by atoms with van der Waals surface area (Å²) in [6, 6.07) is 0.167. The van der Waals surface area contributed by atoms with E-state index < -0.39 is 0 Å². The normalized spacial score (nSPS) is 20.8. The summed E-state index contributed by atoms with van der Waals surface area (Å²) >= 11 is 0. The zero-order valence-corrected chi connectivity index (χ0v) is 9.85. The predicted octanol–water partition coefficient (Wildman–Crippen LogP) is 0.182. The van der Waals surface area contributed by atoms with Gasteiger partial charge in [-0.25, -0.2) is 0 Å². The topological polar surface area (TPSA) is 61.5 Å². The molecular weight excluding hydrogens is 206 g/mol. The van der Waals surface area contributed by atoms with Gasteiger partial charge in [0.15, 0.2) is 0 Å². The molecule has 16 heavy (non-hydrogen) atoms. The van der Waals surface area contributed by atoms with Gasteiger partial charge in [0.25, 0.3) is 0 Å².